The Labute approximate surface area is 129 Å². The van der Waals surface area contributed by atoms with Gasteiger partial charge in [-0.15, -0.1) is 0 Å². The maximum absolute atomic E-state index is 12.5. The Bertz CT molecular complexity index is 648. The Morgan fingerprint density at radius 2 is 2.05 bits per heavy atom. The van der Waals surface area contributed by atoms with Gasteiger partial charge in [-0.25, -0.2) is 8.42 Å². The van der Waals surface area contributed by atoms with E-state index in [0.717, 1.165) is 32.2 Å². The van der Waals surface area contributed by atoms with Crippen LogP contribution in [0.15, 0.2) is 20.0 Å². The average Bonchev–Trinajstić information content (AvgIpc) is 3.23. The molecule has 0 radical (unpaired) electrons. The summed E-state index contributed by atoms with van der Waals surface area (Å²) in [5.74, 6) is 0.337. The first-order valence-electron chi connectivity index (χ1n) is 6.41. The first-order valence-corrected chi connectivity index (χ1v) is 9.51. The van der Waals surface area contributed by atoms with E-state index in [1.54, 1.807) is 4.90 Å². The third kappa shape index (κ3) is 3.04. The van der Waals surface area contributed by atoms with Gasteiger partial charge < -0.3 is 9.32 Å². The molecule has 2 fully saturated rings. The van der Waals surface area contributed by atoms with Crippen molar-refractivity contribution in [1.82, 2.24) is 4.90 Å². The van der Waals surface area contributed by atoms with E-state index in [1.807, 2.05) is 0 Å². The van der Waals surface area contributed by atoms with Crippen molar-refractivity contribution in [3.05, 3.63) is 16.5 Å². The molecule has 0 bridgehead atoms. The Morgan fingerprint density at radius 1 is 1.40 bits per heavy atom. The highest BCUT2D eigenvalue weighted by Gasteiger charge is 2.38. The molecule has 0 aromatic carbocycles. The lowest BCUT2D eigenvalue weighted by Gasteiger charge is -2.20. The predicted octanol–water partition coefficient (Wildman–Crippen LogP) is 2.98. The highest BCUT2D eigenvalue weighted by molar-refractivity contribution is 9.10. The van der Waals surface area contributed by atoms with Gasteiger partial charge in [0.05, 0.1) is 0 Å². The molecule has 8 heteroatoms. The normalized spacial score (nSPS) is 19.1. The minimum Gasteiger partial charge on any atom is -0.443 e. The number of furan rings is 1. The summed E-state index contributed by atoms with van der Waals surface area (Å²) in [6.07, 6.45) is 4.31. The van der Waals surface area contributed by atoms with E-state index in [1.165, 1.54) is 6.07 Å². The van der Waals surface area contributed by atoms with Gasteiger partial charge in [-0.1, -0.05) is 0 Å². The largest absolute Gasteiger partial charge is 0.443 e. The smallest absolute Gasteiger partial charge is 0.289 e. The van der Waals surface area contributed by atoms with E-state index in [4.69, 9.17) is 15.1 Å². The Balaban J connectivity index is 1.85. The second-order valence-electron chi connectivity index (χ2n) is 5.32. The molecule has 110 valence electrons. The third-order valence-corrected chi connectivity index (χ3v) is 5.71. The summed E-state index contributed by atoms with van der Waals surface area (Å²) in [4.78, 5) is 14.1. The molecule has 0 atom stereocenters. The van der Waals surface area contributed by atoms with Crippen molar-refractivity contribution in [2.75, 3.05) is 6.54 Å². The Hall–Kier alpha value is -0.530. The van der Waals surface area contributed by atoms with Crippen molar-refractivity contribution in [2.45, 2.75) is 36.6 Å². The van der Waals surface area contributed by atoms with Crippen molar-refractivity contribution in [2.24, 2.45) is 5.92 Å². The van der Waals surface area contributed by atoms with Gasteiger partial charge >= 0.3 is 0 Å². The third-order valence-electron chi connectivity index (χ3n) is 3.53. The van der Waals surface area contributed by atoms with Crippen LogP contribution in [-0.2, 0) is 9.05 Å². The zero-order chi connectivity index (χ0) is 14.5. The van der Waals surface area contributed by atoms with Crippen LogP contribution >= 0.6 is 26.6 Å². The van der Waals surface area contributed by atoms with Crippen molar-refractivity contribution in [3.63, 3.8) is 0 Å². The number of halogens is 2. The van der Waals surface area contributed by atoms with Gasteiger partial charge in [-0.2, -0.15) is 0 Å². The Morgan fingerprint density at radius 3 is 2.50 bits per heavy atom. The van der Waals surface area contributed by atoms with E-state index < -0.39 is 9.05 Å². The molecule has 0 aliphatic heterocycles. The van der Waals surface area contributed by atoms with Crippen LogP contribution in [0.1, 0.15) is 36.2 Å². The quantitative estimate of drug-likeness (QED) is 0.734. The number of nitrogens with zero attached hydrogens (tertiary/aromatic N) is 1. The molecule has 1 amide bonds. The molecule has 0 spiro atoms. The van der Waals surface area contributed by atoms with Gasteiger partial charge in [-0.05, 0) is 47.5 Å². The molecule has 2 aliphatic rings. The van der Waals surface area contributed by atoms with Crippen molar-refractivity contribution in [3.8, 4) is 0 Å². The molecule has 0 saturated heterocycles. The molecular weight excluding hydrogens is 370 g/mol. The van der Waals surface area contributed by atoms with Crippen LogP contribution in [0.4, 0.5) is 0 Å². The van der Waals surface area contributed by atoms with Crippen LogP contribution in [-0.4, -0.2) is 31.8 Å². The number of hydrogen-bond acceptors (Lipinski definition) is 4. The highest BCUT2D eigenvalue weighted by Crippen LogP contribution is 2.37. The Kier molecular flexibility index (Phi) is 3.63. The molecule has 1 aromatic rings. The molecule has 0 unspecified atom stereocenters. The second-order valence-corrected chi connectivity index (χ2v) is 8.57. The fourth-order valence-electron chi connectivity index (χ4n) is 2.13. The summed E-state index contributed by atoms with van der Waals surface area (Å²) < 4.78 is 27.9. The summed E-state index contributed by atoms with van der Waals surface area (Å²) >= 11 is 2.99. The van der Waals surface area contributed by atoms with Crippen LogP contribution < -0.4 is 0 Å². The van der Waals surface area contributed by atoms with Crippen molar-refractivity contribution in [1.29, 1.82) is 0 Å². The number of amides is 1. The van der Waals surface area contributed by atoms with Gasteiger partial charge in [0.2, 0.25) is 0 Å². The molecule has 1 aromatic heterocycles. The highest BCUT2D eigenvalue weighted by atomic mass is 79.9. The van der Waals surface area contributed by atoms with Crippen molar-refractivity contribution < 1.29 is 17.6 Å². The van der Waals surface area contributed by atoms with Crippen LogP contribution in [0.5, 0.6) is 0 Å². The zero-order valence-electron chi connectivity index (χ0n) is 10.5. The van der Waals surface area contributed by atoms with Crippen LogP contribution in [0.25, 0.3) is 0 Å². The van der Waals surface area contributed by atoms with Gasteiger partial charge in [0.15, 0.2) is 10.4 Å². The molecule has 1 heterocycles. The maximum atomic E-state index is 12.5. The fourth-order valence-corrected chi connectivity index (χ4v) is 4.16. The summed E-state index contributed by atoms with van der Waals surface area (Å²) in [5, 5.41) is 0. The van der Waals surface area contributed by atoms with Crippen molar-refractivity contribution >= 4 is 41.6 Å². The fraction of sp³-hybridized carbons (Fsp3) is 0.583. The minimum atomic E-state index is -3.93. The topological polar surface area (TPSA) is 67.6 Å². The molecular formula is C12H13BrClNO4S. The second kappa shape index (κ2) is 5.03. The molecule has 0 N–H and O–H groups in total. The monoisotopic (exact) mass is 381 g/mol. The van der Waals surface area contributed by atoms with Crippen LogP contribution in [0, 0.1) is 5.92 Å². The van der Waals surface area contributed by atoms with E-state index in [2.05, 4.69) is 15.9 Å². The first-order chi connectivity index (χ1) is 9.36. The SMILES string of the molecule is O=C(c1cc(S(=O)(=O)Cl)c(Br)o1)N(CC1CC1)C1CC1. The lowest BCUT2D eigenvalue weighted by molar-refractivity contribution is 0.0701. The molecule has 2 saturated carbocycles. The maximum Gasteiger partial charge on any atom is 0.289 e. The standard InChI is InChI=1S/C12H13BrClNO4S/c13-11-10(20(14,17)18)5-9(19-11)12(16)15(8-3-4-8)6-7-1-2-7/h5,7-8H,1-4,6H2. The number of carbonyl (C=O) groups is 1. The average molecular weight is 383 g/mol. The molecule has 20 heavy (non-hydrogen) atoms. The lowest BCUT2D eigenvalue weighted by atomic mass is 10.3. The summed E-state index contributed by atoms with van der Waals surface area (Å²) in [6, 6.07) is 1.46. The predicted molar refractivity (Wildman–Crippen MR) is 76.2 cm³/mol. The molecule has 5 nitrogen and oxygen atoms in total. The van der Waals surface area contributed by atoms with E-state index in [9.17, 15) is 13.2 Å². The van der Waals surface area contributed by atoms with Crippen LogP contribution in [0.2, 0.25) is 0 Å². The van der Waals surface area contributed by atoms with Gasteiger partial charge in [-0.3, -0.25) is 4.79 Å². The first kappa shape index (κ1) is 14.4. The zero-order valence-corrected chi connectivity index (χ0v) is 13.7. The van der Waals surface area contributed by atoms with E-state index in [0.29, 0.717) is 5.92 Å². The summed E-state index contributed by atoms with van der Waals surface area (Å²) in [6.45, 7) is 0.727. The van der Waals surface area contributed by atoms with Gasteiger partial charge in [0.25, 0.3) is 15.0 Å². The van der Waals surface area contributed by atoms with E-state index >= 15 is 0 Å². The van der Waals surface area contributed by atoms with Gasteiger partial charge in [0, 0.05) is 29.3 Å². The van der Waals surface area contributed by atoms with Gasteiger partial charge in [0.1, 0.15) is 4.90 Å². The van der Waals surface area contributed by atoms with E-state index in [-0.39, 0.29) is 27.3 Å². The lowest BCUT2D eigenvalue weighted by Crippen LogP contribution is -2.34. The molecule has 3 rings (SSSR count). The molecule has 2 aliphatic carbocycles. The summed E-state index contributed by atoms with van der Waals surface area (Å²) in [7, 11) is 1.36. The number of hydrogen-bond donors (Lipinski definition) is 0. The minimum absolute atomic E-state index is 0.0173. The number of carbonyl (C=O) groups excluding carboxylic acids is 1. The number of rotatable bonds is 5. The van der Waals surface area contributed by atoms with Crippen LogP contribution in [0.3, 0.4) is 0 Å². The summed E-state index contributed by atoms with van der Waals surface area (Å²) in [5.41, 5.74) is 0.